The molecule has 1 amide bonds. The van der Waals surface area contributed by atoms with Gasteiger partial charge in [-0.2, -0.15) is 0 Å². The quantitative estimate of drug-likeness (QED) is 0.664. The molecule has 1 saturated heterocycles. The molecule has 0 saturated carbocycles. The summed E-state index contributed by atoms with van der Waals surface area (Å²) in [5.74, 6) is 0.874. The predicted octanol–water partition coefficient (Wildman–Crippen LogP) is 1.92. The molecule has 1 aromatic carbocycles. The molecule has 1 aromatic rings. The number of hydrogen-bond acceptors (Lipinski definition) is 5. The first-order valence-electron chi connectivity index (χ1n) is 9.56. The van der Waals surface area contributed by atoms with E-state index in [0.29, 0.717) is 32.0 Å². The summed E-state index contributed by atoms with van der Waals surface area (Å²) >= 11 is 0. The highest BCUT2D eigenvalue weighted by Gasteiger charge is 2.17. The second kappa shape index (κ2) is 11.2. The maximum absolute atomic E-state index is 11.8. The normalized spacial score (nSPS) is 16.5. The van der Waals surface area contributed by atoms with Gasteiger partial charge in [-0.05, 0) is 50.9 Å². The molecule has 1 unspecified atom stereocenters. The van der Waals surface area contributed by atoms with Crippen LogP contribution in [0.5, 0.6) is 5.75 Å². The molecule has 26 heavy (non-hydrogen) atoms. The van der Waals surface area contributed by atoms with Gasteiger partial charge >= 0.3 is 0 Å². The third kappa shape index (κ3) is 7.72. The Labute approximate surface area is 157 Å². The molecule has 1 aliphatic heterocycles. The van der Waals surface area contributed by atoms with Gasteiger partial charge in [0.1, 0.15) is 12.4 Å². The highest BCUT2D eigenvalue weighted by atomic mass is 16.5. The van der Waals surface area contributed by atoms with E-state index in [0.717, 1.165) is 43.9 Å². The fourth-order valence-electron chi connectivity index (χ4n) is 3.01. The van der Waals surface area contributed by atoms with E-state index in [2.05, 4.69) is 17.3 Å². The Bertz CT molecular complexity index is 545. The minimum atomic E-state index is 0.0340. The lowest BCUT2D eigenvalue weighted by Crippen LogP contribution is -2.38. The van der Waals surface area contributed by atoms with E-state index in [1.807, 2.05) is 31.2 Å². The zero-order valence-electron chi connectivity index (χ0n) is 16.1. The lowest BCUT2D eigenvalue weighted by atomic mass is 10.1. The summed E-state index contributed by atoms with van der Waals surface area (Å²) in [6.45, 7) is 5.67. The van der Waals surface area contributed by atoms with Gasteiger partial charge in [-0.1, -0.05) is 12.1 Å². The minimum Gasteiger partial charge on any atom is -0.492 e. The van der Waals surface area contributed by atoms with E-state index in [4.69, 9.17) is 15.2 Å². The Morgan fingerprint density at radius 1 is 1.42 bits per heavy atom. The Morgan fingerprint density at radius 2 is 2.19 bits per heavy atom. The van der Waals surface area contributed by atoms with Gasteiger partial charge in [-0.25, -0.2) is 0 Å². The van der Waals surface area contributed by atoms with E-state index in [1.54, 1.807) is 0 Å². The van der Waals surface area contributed by atoms with Gasteiger partial charge in [-0.15, -0.1) is 0 Å². The summed E-state index contributed by atoms with van der Waals surface area (Å²) in [6.07, 6.45) is 3.35. The maximum Gasteiger partial charge on any atom is 0.220 e. The summed E-state index contributed by atoms with van der Waals surface area (Å²) < 4.78 is 11.3. The zero-order valence-corrected chi connectivity index (χ0v) is 16.1. The second-order valence-electron chi connectivity index (χ2n) is 7.11. The van der Waals surface area contributed by atoms with Crippen LogP contribution in [0, 0.1) is 0 Å². The van der Waals surface area contributed by atoms with Crippen molar-refractivity contribution in [1.82, 2.24) is 10.2 Å². The average Bonchev–Trinajstić information content (AvgIpc) is 2.65. The van der Waals surface area contributed by atoms with Crippen LogP contribution >= 0.6 is 0 Å². The van der Waals surface area contributed by atoms with Crippen LogP contribution in [0.3, 0.4) is 0 Å². The molecule has 0 spiro atoms. The molecule has 1 heterocycles. The van der Waals surface area contributed by atoms with E-state index in [-0.39, 0.29) is 11.9 Å². The average molecular weight is 364 g/mol. The molecule has 1 aliphatic rings. The molecule has 1 atom stereocenters. The Hall–Kier alpha value is -1.63. The number of ether oxygens (including phenoxy) is 2. The fraction of sp³-hybridized carbons (Fsp3) is 0.650. The molecule has 146 valence electrons. The monoisotopic (exact) mass is 363 g/mol. The number of carbonyl (C=O) groups excluding carboxylic acids is 1. The SMILES string of the molecule is CC(N)CCC(=O)NCc1cccc(OCCN(C)C2CCOCC2)c1. The molecular weight excluding hydrogens is 330 g/mol. The summed E-state index contributed by atoms with van der Waals surface area (Å²) in [4.78, 5) is 14.1. The van der Waals surface area contributed by atoms with Crippen LogP contribution in [0.15, 0.2) is 24.3 Å². The molecular formula is C20H33N3O3. The first-order chi connectivity index (χ1) is 12.5. The topological polar surface area (TPSA) is 76.8 Å². The molecule has 0 bridgehead atoms. The van der Waals surface area contributed by atoms with Crippen LogP contribution in [-0.2, 0) is 16.1 Å². The fourth-order valence-corrected chi connectivity index (χ4v) is 3.01. The third-order valence-electron chi connectivity index (χ3n) is 4.74. The van der Waals surface area contributed by atoms with Crippen molar-refractivity contribution < 1.29 is 14.3 Å². The molecule has 2 rings (SSSR count). The lowest BCUT2D eigenvalue weighted by molar-refractivity contribution is -0.121. The van der Waals surface area contributed by atoms with Gasteiger partial charge in [0.05, 0.1) is 0 Å². The van der Waals surface area contributed by atoms with Crippen molar-refractivity contribution >= 4 is 5.91 Å². The van der Waals surface area contributed by atoms with Crippen LogP contribution in [0.4, 0.5) is 0 Å². The first kappa shape index (κ1) is 20.7. The van der Waals surface area contributed by atoms with E-state index < -0.39 is 0 Å². The van der Waals surface area contributed by atoms with E-state index in [9.17, 15) is 4.79 Å². The standard InChI is InChI=1S/C20H33N3O3/c1-16(21)6-7-20(24)22-15-17-4-3-5-19(14-17)26-13-10-23(2)18-8-11-25-12-9-18/h3-5,14,16,18H,6-13,15,21H2,1-2H3,(H,22,24). The van der Waals surface area contributed by atoms with Crippen LogP contribution in [-0.4, -0.2) is 56.3 Å². The molecule has 3 N–H and O–H groups in total. The number of hydrogen-bond donors (Lipinski definition) is 2. The second-order valence-corrected chi connectivity index (χ2v) is 7.11. The van der Waals surface area contributed by atoms with Gasteiger partial charge in [0, 0.05) is 44.8 Å². The summed E-state index contributed by atoms with van der Waals surface area (Å²) in [7, 11) is 2.15. The maximum atomic E-state index is 11.8. The number of carbonyl (C=O) groups is 1. The Morgan fingerprint density at radius 3 is 2.92 bits per heavy atom. The molecule has 6 nitrogen and oxygen atoms in total. The van der Waals surface area contributed by atoms with Crippen molar-refractivity contribution in [3.63, 3.8) is 0 Å². The minimum absolute atomic E-state index is 0.0340. The first-order valence-corrected chi connectivity index (χ1v) is 9.56. The van der Waals surface area contributed by atoms with Crippen LogP contribution < -0.4 is 15.8 Å². The Balaban J connectivity index is 1.70. The summed E-state index contributed by atoms with van der Waals surface area (Å²) in [5, 5.41) is 2.93. The van der Waals surface area contributed by atoms with Gasteiger partial charge in [-0.3, -0.25) is 9.69 Å². The van der Waals surface area contributed by atoms with Gasteiger partial charge < -0.3 is 20.5 Å². The number of nitrogens with zero attached hydrogens (tertiary/aromatic N) is 1. The zero-order chi connectivity index (χ0) is 18.8. The summed E-state index contributed by atoms with van der Waals surface area (Å²) in [5.41, 5.74) is 6.71. The number of nitrogens with two attached hydrogens (primary N) is 1. The lowest BCUT2D eigenvalue weighted by Gasteiger charge is -2.31. The number of likely N-dealkylation sites (N-methyl/N-ethyl adjacent to an activating group) is 1. The van der Waals surface area contributed by atoms with E-state index in [1.165, 1.54) is 0 Å². The van der Waals surface area contributed by atoms with Gasteiger partial charge in [0.25, 0.3) is 0 Å². The molecule has 6 heteroatoms. The Kier molecular flexibility index (Phi) is 8.88. The van der Waals surface area contributed by atoms with Crippen LogP contribution in [0.1, 0.15) is 38.2 Å². The van der Waals surface area contributed by atoms with Crippen molar-refractivity contribution in [3.05, 3.63) is 29.8 Å². The van der Waals surface area contributed by atoms with Crippen molar-refractivity contribution in [3.8, 4) is 5.75 Å². The number of nitrogens with one attached hydrogen (secondary N) is 1. The molecule has 0 aromatic heterocycles. The third-order valence-corrected chi connectivity index (χ3v) is 4.74. The van der Waals surface area contributed by atoms with Crippen molar-refractivity contribution in [2.24, 2.45) is 5.73 Å². The van der Waals surface area contributed by atoms with Gasteiger partial charge in [0.15, 0.2) is 0 Å². The van der Waals surface area contributed by atoms with Crippen LogP contribution in [0.2, 0.25) is 0 Å². The number of rotatable bonds is 10. The smallest absolute Gasteiger partial charge is 0.220 e. The highest BCUT2D eigenvalue weighted by molar-refractivity contribution is 5.75. The van der Waals surface area contributed by atoms with Crippen molar-refractivity contribution in [1.29, 1.82) is 0 Å². The van der Waals surface area contributed by atoms with Gasteiger partial charge in [0.2, 0.25) is 5.91 Å². The molecule has 0 aliphatic carbocycles. The highest BCUT2D eigenvalue weighted by Crippen LogP contribution is 2.15. The predicted molar refractivity (Wildman–Crippen MR) is 103 cm³/mol. The van der Waals surface area contributed by atoms with E-state index >= 15 is 0 Å². The summed E-state index contributed by atoms with van der Waals surface area (Å²) in [6, 6.07) is 8.53. The van der Waals surface area contributed by atoms with Crippen molar-refractivity contribution in [2.45, 2.75) is 51.2 Å². The molecule has 0 radical (unpaired) electrons. The number of amides is 1. The number of benzene rings is 1. The van der Waals surface area contributed by atoms with Crippen molar-refractivity contribution in [2.75, 3.05) is 33.4 Å². The van der Waals surface area contributed by atoms with Crippen LogP contribution in [0.25, 0.3) is 0 Å². The largest absolute Gasteiger partial charge is 0.492 e. The molecule has 1 fully saturated rings.